The van der Waals surface area contributed by atoms with Crippen molar-refractivity contribution >= 4 is 17.3 Å². The van der Waals surface area contributed by atoms with Gasteiger partial charge in [-0.2, -0.15) is 0 Å². The van der Waals surface area contributed by atoms with Crippen LogP contribution in [-0.4, -0.2) is 46.6 Å². The second-order valence-electron chi connectivity index (χ2n) is 5.41. The van der Waals surface area contributed by atoms with Crippen LogP contribution in [0.4, 0.5) is 5.69 Å². The number of anilines is 1. The zero-order valence-corrected chi connectivity index (χ0v) is 13.7. The molecule has 1 aliphatic heterocycles. The van der Waals surface area contributed by atoms with E-state index in [1.54, 1.807) is 7.11 Å². The standard InChI is InChI=1S/C16H25ClN2O2/c1-19(14-5-8-21-9-6-14)16-4-3-13(11-15(16)17)12-18-7-10-20-2/h3-4,11,14,18H,5-10,12H2,1-2H3. The van der Waals surface area contributed by atoms with Crippen molar-refractivity contribution in [2.75, 3.05) is 45.4 Å². The maximum atomic E-state index is 6.46. The van der Waals surface area contributed by atoms with Crippen molar-refractivity contribution < 1.29 is 9.47 Å². The Hall–Kier alpha value is -0.810. The van der Waals surface area contributed by atoms with Crippen molar-refractivity contribution in [3.8, 4) is 0 Å². The molecule has 0 spiro atoms. The SMILES string of the molecule is COCCNCc1ccc(N(C)C2CCOCC2)c(Cl)c1. The largest absolute Gasteiger partial charge is 0.383 e. The highest BCUT2D eigenvalue weighted by Crippen LogP contribution is 2.29. The van der Waals surface area contributed by atoms with Crippen LogP contribution in [-0.2, 0) is 16.0 Å². The van der Waals surface area contributed by atoms with Gasteiger partial charge in [0.05, 0.1) is 17.3 Å². The number of hydrogen-bond acceptors (Lipinski definition) is 4. The Morgan fingerprint density at radius 1 is 1.38 bits per heavy atom. The predicted octanol–water partition coefficient (Wildman–Crippen LogP) is 2.69. The lowest BCUT2D eigenvalue weighted by molar-refractivity contribution is 0.0855. The number of rotatable bonds is 7. The Balaban J connectivity index is 1.94. The highest BCUT2D eigenvalue weighted by Gasteiger charge is 2.20. The van der Waals surface area contributed by atoms with Gasteiger partial charge in [0, 0.05) is 46.5 Å². The number of nitrogens with zero attached hydrogens (tertiary/aromatic N) is 1. The molecule has 1 aromatic carbocycles. The molecule has 0 saturated carbocycles. The summed E-state index contributed by atoms with van der Waals surface area (Å²) in [5, 5.41) is 4.14. The third-order valence-corrected chi connectivity index (χ3v) is 4.25. The van der Waals surface area contributed by atoms with E-state index in [9.17, 15) is 0 Å². The third-order valence-electron chi connectivity index (χ3n) is 3.94. The second-order valence-corrected chi connectivity index (χ2v) is 5.82. The number of benzene rings is 1. The van der Waals surface area contributed by atoms with Gasteiger partial charge in [0.1, 0.15) is 0 Å². The van der Waals surface area contributed by atoms with E-state index in [2.05, 4.69) is 29.4 Å². The summed E-state index contributed by atoms with van der Waals surface area (Å²) in [5.74, 6) is 0. The molecule has 1 aliphatic rings. The van der Waals surface area contributed by atoms with Crippen LogP contribution < -0.4 is 10.2 Å². The molecular weight excluding hydrogens is 288 g/mol. The fraction of sp³-hybridized carbons (Fsp3) is 0.625. The Kier molecular flexibility index (Phi) is 6.77. The summed E-state index contributed by atoms with van der Waals surface area (Å²) in [7, 11) is 3.83. The lowest BCUT2D eigenvalue weighted by Gasteiger charge is -2.33. The van der Waals surface area contributed by atoms with Gasteiger partial charge in [0.2, 0.25) is 0 Å². The van der Waals surface area contributed by atoms with E-state index in [4.69, 9.17) is 21.1 Å². The van der Waals surface area contributed by atoms with Gasteiger partial charge in [-0.3, -0.25) is 0 Å². The molecule has 1 N–H and O–H groups in total. The summed E-state index contributed by atoms with van der Waals surface area (Å²) in [6, 6.07) is 6.82. The first-order chi connectivity index (χ1) is 10.2. The van der Waals surface area contributed by atoms with E-state index in [-0.39, 0.29) is 0 Å². The summed E-state index contributed by atoms with van der Waals surface area (Å²) >= 11 is 6.46. The molecule has 2 rings (SSSR count). The monoisotopic (exact) mass is 312 g/mol. The molecule has 1 heterocycles. The molecule has 4 nitrogen and oxygen atoms in total. The van der Waals surface area contributed by atoms with Crippen LogP contribution in [0.5, 0.6) is 0 Å². The molecule has 0 atom stereocenters. The van der Waals surface area contributed by atoms with Crippen LogP contribution in [0.2, 0.25) is 5.02 Å². The van der Waals surface area contributed by atoms with E-state index in [1.807, 2.05) is 6.07 Å². The van der Waals surface area contributed by atoms with Gasteiger partial charge < -0.3 is 19.7 Å². The van der Waals surface area contributed by atoms with Gasteiger partial charge in [0.15, 0.2) is 0 Å². The van der Waals surface area contributed by atoms with E-state index < -0.39 is 0 Å². The van der Waals surface area contributed by atoms with Gasteiger partial charge in [0.25, 0.3) is 0 Å². The summed E-state index contributed by atoms with van der Waals surface area (Å²) in [6.45, 7) is 4.06. The van der Waals surface area contributed by atoms with Crippen molar-refractivity contribution in [3.05, 3.63) is 28.8 Å². The van der Waals surface area contributed by atoms with E-state index in [0.717, 1.165) is 56.5 Å². The molecule has 0 bridgehead atoms. The third kappa shape index (κ3) is 4.85. The molecule has 0 amide bonds. The van der Waals surface area contributed by atoms with Crippen LogP contribution >= 0.6 is 11.6 Å². The van der Waals surface area contributed by atoms with Crippen molar-refractivity contribution in [1.29, 1.82) is 0 Å². The summed E-state index contributed by atoms with van der Waals surface area (Å²) in [6.07, 6.45) is 2.13. The quantitative estimate of drug-likeness (QED) is 0.785. The summed E-state index contributed by atoms with van der Waals surface area (Å²) < 4.78 is 10.4. The fourth-order valence-corrected chi connectivity index (χ4v) is 2.96. The molecule has 0 radical (unpaired) electrons. The maximum Gasteiger partial charge on any atom is 0.0642 e. The van der Waals surface area contributed by atoms with Gasteiger partial charge in [-0.15, -0.1) is 0 Å². The minimum absolute atomic E-state index is 0.516. The predicted molar refractivity (Wildman–Crippen MR) is 87.3 cm³/mol. The van der Waals surface area contributed by atoms with Gasteiger partial charge >= 0.3 is 0 Å². The highest BCUT2D eigenvalue weighted by molar-refractivity contribution is 6.33. The fourth-order valence-electron chi connectivity index (χ4n) is 2.62. The number of halogens is 1. The van der Waals surface area contributed by atoms with Gasteiger partial charge in [-0.05, 0) is 30.5 Å². The zero-order valence-electron chi connectivity index (χ0n) is 12.9. The van der Waals surface area contributed by atoms with Crippen LogP contribution in [0.15, 0.2) is 18.2 Å². The first kappa shape index (κ1) is 16.6. The molecule has 0 unspecified atom stereocenters. The van der Waals surface area contributed by atoms with Crippen molar-refractivity contribution in [2.24, 2.45) is 0 Å². The molecule has 5 heteroatoms. The van der Waals surface area contributed by atoms with Crippen LogP contribution in [0.25, 0.3) is 0 Å². The molecule has 118 valence electrons. The normalized spacial score (nSPS) is 16.1. The number of methoxy groups -OCH3 is 1. The van der Waals surface area contributed by atoms with E-state index >= 15 is 0 Å². The van der Waals surface area contributed by atoms with Gasteiger partial charge in [-0.1, -0.05) is 17.7 Å². The maximum absolute atomic E-state index is 6.46. The number of ether oxygens (including phenoxy) is 2. The Bertz CT molecular complexity index is 436. The lowest BCUT2D eigenvalue weighted by atomic mass is 10.1. The summed E-state index contributed by atoms with van der Waals surface area (Å²) in [4.78, 5) is 2.28. The molecule has 21 heavy (non-hydrogen) atoms. The van der Waals surface area contributed by atoms with Crippen LogP contribution in [0.1, 0.15) is 18.4 Å². The Morgan fingerprint density at radius 2 is 2.14 bits per heavy atom. The Morgan fingerprint density at radius 3 is 2.81 bits per heavy atom. The van der Waals surface area contributed by atoms with Crippen LogP contribution in [0.3, 0.4) is 0 Å². The molecular formula is C16H25ClN2O2. The topological polar surface area (TPSA) is 33.7 Å². The molecule has 0 aliphatic carbocycles. The molecule has 1 fully saturated rings. The second kappa shape index (κ2) is 8.59. The molecule has 1 saturated heterocycles. The lowest BCUT2D eigenvalue weighted by Crippen LogP contribution is -2.36. The zero-order chi connectivity index (χ0) is 15.1. The number of hydrogen-bond donors (Lipinski definition) is 1. The highest BCUT2D eigenvalue weighted by atomic mass is 35.5. The number of nitrogens with one attached hydrogen (secondary N) is 1. The molecule has 0 aromatic heterocycles. The van der Waals surface area contributed by atoms with Crippen molar-refractivity contribution in [2.45, 2.75) is 25.4 Å². The smallest absolute Gasteiger partial charge is 0.0642 e. The van der Waals surface area contributed by atoms with Crippen molar-refractivity contribution in [3.63, 3.8) is 0 Å². The van der Waals surface area contributed by atoms with Crippen LogP contribution in [0, 0.1) is 0 Å². The van der Waals surface area contributed by atoms with E-state index in [0.29, 0.717) is 6.04 Å². The minimum atomic E-state index is 0.516. The minimum Gasteiger partial charge on any atom is -0.383 e. The Labute approximate surface area is 132 Å². The average molecular weight is 313 g/mol. The van der Waals surface area contributed by atoms with Crippen molar-refractivity contribution in [1.82, 2.24) is 5.32 Å². The van der Waals surface area contributed by atoms with Gasteiger partial charge in [-0.25, -0.2) is 0 Å². The van der Waals surface area contributed by atoms with E-state index in [1.165, 1.54) is 5.56 Å². The average Bonchev–Trinajstić information content (AvgIpc) is 2.52. The first-order valence-corrected chi connectivity index (χ1v) is 7.89. The first-order valence-electron chi connectivity index (χ1n) is 7.51. The molecule has 1 aromatic rings. The summed E-state index contributed by atoms with van der Waals surface area (Å²) in [5.41, 5.74) is 2.30.